The molecule has 20 heavy (non-hydrogen) atoms. The van der Waals surface area contributed by atoms with Gasteiger partial charge in [-0.3, -0.25) is 4.99 Å². The van der Waals surface area contributed by atoms with E-state index in [-0.39, 0.29) is 0 Å². The number of nitrogens with zero attached hydrogens (tertiary/aromatic N) is 2. The van der Waals surface area contributed by atoms with E-state index in [0.29, 0.717) is 11.5 Å². The summed E-state index contributed by atoms with van der Waals surface area (Å²) >= 11 is 0. The lowest BCUT2D eigenvalue weighted by Gasteiger charge is -2.26. The van der Waals surface area contributed by atoms with Crippen molar-refractivity contribution in [3.8, 4) is 0 Å². The Kier molecular flexibility index (Phi) is 5.70. The molecule has 0 bridgehead atoms. The van der Waals surface area contributed by atoms with Gasteiger partial charge in [0, 0.05) is 26.2 Å². The molecule has 2 fully saturated rings. The van der Waals surface area contributed by atoms with E-state index in [1.165, 1.54) is 25.7 Å². The van der Waals surface area contributed by atoms with Crippen molar-refractivity contribution < 1.29 is 4.74 Å². The predicted octanol–water partition coefficient (Wildman–Crippen LogP) is 2.64. The van der Waals surface area contributed by atoms with Crippen molar-refractivity contribution >= 4 is 5.96 Å². The summed E-state index contributed by atoms with van der Waals surface area (Å²) in [5.41, 5.74) is 0.456. The first-order valence-electron chi connectivity index (χ1n) is 8.32. The first-order valence-corrected chi connectivity index (χ1v) is 8.32. The average Bonchev–Trinajstić information content (AvgIpc) is 2.88. The lowest BCUT2D eigenvalue weighted by atomic mass is 9.87. The van der Waals surface area contributed by atoms with Gasteiger partial charge < -0.3 is 15.0 Å². The number of rotatable bonds is 4. The summed E-state index contributed by atoms with van der Waals surface area (Å²) < 4.78 is 5.78. The molecular weight excluding hydrogens is 250 g/mol. The van der Waals surface area contributed by atoms with Crippen molar-refractivity contribution in [3.05, 3.63) is 0 Å². The zero-order valence-corrected chi connectivity index (χ0v) is 13.5. The molecule has 116 valence electrons. The SMILES string of the molecule is CCNC(=NCC1CCCCO1)N1CCC(C)(CC)C1. The van der Waals surface area contributed by atoms with Crippen molar-refractivity contribution in [1.82, 2.24) is 10.2 Å². The molecule has 0 aliphatic carbocycles. The minimum atomic E-state index is 0.331. The Morgan fingerprint density at radius 1 is 1.40 bits per heavy atom. The maximum atomic E-state index is 5.78. The highest BCUT2D eigenvalue weighted by molar-refractivity contribution is 5.80. The third-order valence-corrected chi connectivity index (χ3v) is 4.76. The van der Waals surface area contributed by atoms with E-state index in [9.17, 15) is 0 Å². The van der Waals surface area contributed by atoms with Crippen molar-refractivity contribution in [2.24, 2.45) is 10.4 Å². The van der Waals surface area contributed by atoms with Crippen molar-refractivity contribution in [2.75, 3.05) is 32.8 Å². The molecule has 2 atom stereocenters. The highest BCUT2D eigenvalue weighted by atomic mass is 16.5. The van der Waals surface area contributed by atoms with Crippen LogP contribution in [0.2, 0.25) is 0 Å². The molecule has 0 radical (unpaired) electrons. The fourth-order valence-corrected chi connectivity index (χ4v) is 3.06. The molecule has 2 saturated heterocycles. The Morgan fingerprint density at radius 3 is 2.85 bits per heavy atom. The fraction of sp³-hybridized carbons (Fsp3) is 0.938. The van der Waals surface area contributed by atoms with E-state index in [1.807, 2.05) is 0 Å². The summed E-state index contributed by atoms with van der Waals surface area (Å²) in [6, 6.07) is 0. The molecule has 0 saturated carbocycles. The summed E-state index contributed by atoms with van der Waals surface area (Å²) in [6.45, 7) is 11.7. The van der Waals surface area contributed by atoms with Crippen LogP contribution in [0.1, 0.15) is 52.9 Å². The van der Waals surface area contributed by atoms with Crippen LogP contribution in [0.15, 0.2) is 4.99 Å². The molecule has 0 amide bonds. The molecule has 2 unspecified atom stereocenters. The number of guanidine groups is 1. The number of hydrogen-bond acceptors (Lipinski definition) is 2. The molecular formula is C16H31N3O. The van der Waals surface area contributed by atoms with E-state index in [2.05, 4.69) is 31.0 Å². The zero-order chi connectivity index (χ0) is 14.4. The maximum absolute atomic E-state index is 5.78. The van der Waals surface area contributed by atoms with Crippen molar-refractivity contribution in [3.63, 3.8) is 0 Å². The number of ether oxygens (including phenoxy) is 1. The van der Waals surface area contributed by atoms with Crippen molar-refractivity contribution in [1.29, 1.82) is 0 Å². The van der Waals surface area contributed by atoms with Crippen LogP contribution in [0.4, 0.5) is 0 Å². The lowest BCUT2D eigenvalue weighted by Crippen LogP contribution is -2.41. The van der Waals surface area contributed by atoms with Gasteiger partial charge >= 0.3 is 0 Å². The minimum absolute atomic E-state index is 0.331. The van der Waals surface area contributed by atoms with Gasteiger partial charge in [-0.15, -0.1) is 0 Å². The zero-order valence-electron chi connectivity index (χ0n) is 13.5. The molecule has 2 rings (SSSR count). The molecule has 0 spiro atoms. The minimum Gasteiger partial charge on any atom is -0.376 e. The standard InChI is InChI=1S/C16H31N3O/c1-4-16(3)9-10-19(13-16)15(17-5-2)18-12-14-8-6-7-11-20-14/h14H,4-13H2,1-3H3,(H,17,18). The molecule has 4 heteroatoms. The Morgan fingerprint density at radius 2 is 2.25 bits per heavy atom. The van der Waals surface area contributed by atoms with Crippen LogP contribution in [0.25, 0.3) is 0 Å². The van der Waals surface area contributed by atoms with Crippen LogP contribution < -0.4 is 5.32 Å². The summed E-state index contributed by atoms with van der Waals surface area (Å²) in [5, 5.41) is 3.45. The third kappa shape index (κ3) is 4.11. The Balaban J connectivity index is 1.92. The lowest BCUT2D eigenvalue weighted by molar-refractivity contribution is 0.0223. The van der Waals surface area contributed by atoms with Crippen LogP contribution in [-0.2, 0) is 4.74 Å². The Labute approximate surface area is 124 Å². The summed E-state index contributed by atoms with van der Waals surface area (Å²) in [5.74, 6) is 1.08. The van der Waals surface area contributed by atoms with E-state index >= 15 is 0 Å². The van der Waals surface area contributed by atoms with Crippen LogP contribution in [0, 0.1) is 5.41 Å². The molecule has 1 N–H and O–H groups in total. The summed E-state index contributed by atoms with van der Waals surface area (Å²) in [6.07, 6.45) is 6.51. The van der Waals surface area contributed by atoms with Crippen LogP contribution in [0.5, 0.6) is 0 Å². The number of aliphatic imine (C=N–C) groups is 1. The van der Waals surface area contributed by atoms with Gasteiger partial charge in [-0.1, -0.05) is 13.8 Å². The quantitative estimate of drug-likeness (QED) is 0.636. The normalized spacial score (nSPS) is 31.6. The predicted molar refractivity (Wildman–Crippen MR) is 84.2 cm³/mol. The molecule has 2 heterocycles. The number of nitrogens with one attached hydrogen (secondary N) is 1. The van der Waals surface area contributed by atoms with Crippen LogP contribution >= 0.6 is 0 Å². The Bertz CT molecular complexity index is 326. The fourth-order valence-electron chi connectivity index (χ4n) is 3.06. The molecule has 2 aliphatic heterocycles. The van der Waals surface area contributed by atoms with Gasteiger partial charge in [0.1, 0.15) is 0 Å². The number of likely N-dealkylation sites (tertiary alicyclic amines) is 1. The van der Waals surface area contributed by atoms with Gasteiger partial charge in [0.2, 0.25) is 0 Å². The molecule has 4 nitrogen and oxygen atoms in total. The largest absolute Gasteiger partial charge is 0.376 e. The van der Waals surface area contributed by atoms with Gasteiger partial charge in [0.25, 0.3) is 0 Å². The summed E-state index contributed by atoms with van der Waals surface area (Å²) in [7, 11) is 0. The second-order valence-corrected chi connectivity index (χ2v) is 6.52. The molecule has 0 aromatic carbocycles. The van der Waals surface area contributed by atoms with Gasteiger partial charge in [-0.05, 0) is 44.4 Å². The first kappa shape index (κ1) is 15.6. The summed E-state index contributed by atoms with van der Waals surface area (Å²) in [4.78, 5) is 7.25. The second-order valence-electron chi connectivity index (χ2n) is 6.52. The number of hydrogen-bond donors (Lipinski definition) is 1. The highest BCUT2D eigenvalue weighted by Crippen LogP contribution is 2.32. The third-order valence-electron chi connectivity index (χ3n) is 4.76. The highest BCUT2D eigenvalue weighted by Gasteiger charge is 2.33. The van der Waals surface area contributed by atoms with Gasteiger partial charge in [0.15, 0.2) is 5.96 Å². The van der Waals surface area contributed by atoms with Crippen LogP contribution in [-0.4, -0.2) is 49.7 Å². The van der Waals surface area contributed by atoms with E-state index < -0.39 is 0 Å². The van der Waals surface area contributed by atoms with Gasteiger partial charge in [0.05, 0.1) is 12.6 Å². The van der Waals surface area contributed by atoms with E-state index in [4.69, 9.17) is 9.73 Å². The smallest absolute Gasteiger partial charge is 0.194 e. The van der Waals surface area contributed by atoms with E-state index in [1.54, 1.807) is 0 Å². The second kappa shape index (κ2) is 7.30. The molecule has 0 aromatic heterocycles. The average molecular weight is 281 g/mol. The van der Waals surface area contributed by atoms with E-state index in [0.717, 1.165) is 45.2 Å². The maximum Gasteiger partial charge on any atom is 0.194 e. The monoisotopic (exact) mass is 281 g/mol. The Hall–Kier alpha value is -0.770. The van der Waals surface area contributed by atoms with Gasteiger partial charge in [-0.2, -0.15) is 0 Å². The first-order chi connectivity index (χ1) is 9.67. The van der Waals surface area contributed by atoms with Gasteiger partial charge in [-0.25, -0.2) is 0 Å². The molecule has 0 aromatic rings. The topological polar surface area (TPSA) is 36.9 Å². The van der Waals surface area contributed by atoms with Crippen LogP contribution in [0.3, 0.4) is 0 Å². The van der Waals surface area contributed by atoms with Crippen molar-refractivity contribution in [2.45, 2.75) is 59.0 Å². The molecule has 2 aliphatic rings.